The van der Waals surface area contributed by atoms with Gasteiger partial charge >= 0.3 is 0 Å². The first-order chi connectivity index (χ1) is 15.4. The Kier molecular flexibility index (Phi) is 7.94. The number of hydrogen-bond donors (Lipinski definition) is 3. The number of carbonyl (C=O) groups is 2. The largest absolute Gasteiger partial charge is 0.492 e. The fraction of sp³-hybridized carbons (Fsp3) is 0.160. The lowest BCUT2D eigenvalue weighted by molar-refractivity contribution is 0.0933. The summed E-state index contributed by atoms with van der Waals surface area (Å²) >= 11 is 5.13. The number of para-hydroxylation sites is 1. The Morgan fingerprint density at radius 3 is 2.12 bits per heavy atom. The van der Waals surface area contributed by atoms with Crippen LogP contribution in [0.5, 0.6) is 5.75 Å². The van der Waals surface area contributed by atoms with Crippen LogP contribution >= 0.6 is 12.2 Å². The predicted octanol–water partition coefficient (Wildman–Crippen LogP) is 4.34. The third kappa shape index (κ3) is 6.39. The summed E-state index contributed by atoms with van der Waals surface area (Å²) in [4.78, 5) is 25.0. The van der Waals surface area contributed by atoms with Crippen LogP contribution in [0.15, 0.2) is 78.9 Å². The number of hydrogen-bond acceptors (Lipinski definition) is 4. The highest BCUT2D eigenvalue weighted by Gasteiger charge is 2.14. The summed E-state index contributed by atoms with van der Waals surface area (Å²) < 4.78 is 5.70. The second-order valence-electron chi connectivity index (χ2n) is 7.51. The van der Waals surface area contributed by atoms with Crippen LogP contribution in [0.25, 0.3) is 11.1 Å². The molecule has 3 N–H and O–H groups in total. The molecule has 0 saturated heterocycles. The van der Waals surface area contributed by atoms with Crippen molar-refractivity contribution < 1.29 is 14.3 Å². The van der Waals surface area contributed by atoms with Gasteiger partial charge in [0, 0.05) is 5.56 Å². The van der Waals surface area contributed by atoms with E-state index in [1.54, 1.807) is 36.4 Å². The minimum Gasteiger partial charge on any atom is -0.492 e. The van der Waals surface area contributed by atoms with Crippen molar-refractivity contribution in [2.45, 2.75) is 13.8 Å². The summed E-state index contributed by atoms with van der Waals surface area (Å²) in [5.41, 5.74) is 7.95. The van der Waals surface area contributed by atoms with Crippen molar-refractivity contribution in [3.8, 4) is 16.9 Å². The minimum absolute atomic E-state index is 0.0251. The first-order valence-electron chi connectivity index (χ1n) is 10.2. The SMILES string of the molecule is CC(C)COc1ccccc1C(=O)NC(=S)NNC(=O)c1ccc(-c2ccccc2)cc1. The van der Waals surface area contributed by atoms with E-state index < -0.39 is 5.91 Å². The first-order valence-corrected chi connectivity index (χ1v) is 10.6. The van der Waals surface area contributed by atoms with E-state index in [0.717, 1.165) is 11.1 Å². The van der Waals surface area contributed by atoms with E-state index in [2.05, 4.69) is 16.2 Å². The molecule has 0 heterocycles. The van der Waals surface area contributed by atoms with Crippen molar-refractivity contribution in [1.82, 2.24) is 16.2 Å². The lowest BCUT2D eigenvalue weighted by Gasteiger charge is -2.14. The molecule has 0 aromatic heterocycles. The van der Waals surface area contributed by atoms with E-state index in [4.69, 9.17) is 17.0 Å². The van der Waals surface area contributed by atoms with Gasteiger partial charge in [-0.3, -0.25) is 25.8 Å². The molecular weight excluding hydrogens is 422 g/mol. The monoisotopic (exact) mass is 447 g/mol. The van der Waals surface area contributed by atoms with E-state index in [0.29, 0.717) is 29.4 Å². The van der Waals surface area contributed by atoms with Gasteiger partial charge in [0.1, 0.15) is 5.75 Å². The van der Waals surface area contributed by atoms with E-state index >= 15 is 0 Å². The normalized spacial score (nSPS) is 10.3. The molecule has 6 nitrogen and oxygen atoms in total. The zero-order valence-corrected chi connectivity index (χ0v) is 18.7. The van der Waals surface area contributed by atoms with Crippen LogP contribution in [0.4, 0.5) is 0 Å². The molecule has 0 radical (unpaired) electrons. The third-order valence-electron chi connectivity index (χ3n) is 4.47. The molecule has 0 bridgehead atoms. The van der Waals surface area contributed by atoms with Gasteiger partial charge in [0.05, 0.1) is 12.2 Å². The summed E-state index contributed by atoms with van der Waals surface area (Å²) in [6.45, 7) is 4.55. The van der Waals surface area contributed by atoms with Crippen molar-refractivity contribution in [3.63, 3.8) is 0 Å². The number of ether oxygens (including phenoxy) is 1. The Balaban J connectivity index is 1.53. The van der Waals surface area contributed by atoms with Gasteiger partial charge in [0.15, 0.2) is 5.11 Å². The van der Waals surface area contributed by atoms with Gasteiger partial charge in [-0.1, -0.05) is 68.4 Å². The highest BCUT2D eigenvalue weighted by Crippen LogP contribution is 2.20. The molecule has 3 rings (SSSR count). The molecule has 164 valence electrons. The van der Waals surface area contributed by atoms with Crippen molar-refractivity contribution >= 4 is 29.1 Å². The molecule has 0 fully saturated rings. The smallest absolute Gasteiger partial charge is 0.269 e. The molecule has 0 saturated carbocycles. The van der Waals surface area contributed by atoms with Crippen molar-refractivity contribution in [2.75, 3.05) is 6.61 Å². The zero-order valence-electron chi connectivity index (χ0n) is 17.9. The van der Waals surface area contributed by atoms with Gasteiger partial charge in [-0.15, -0.1) is 0 Å². The molecule has 0 spiro atoms. The molecule has 0 unspecified atom stereocenters. The van der Waals surface area contributed by atoms with Crippen LogP contribution in [0.2, 0.25) is 0 Å². The summed E-state index contributed by atoms with van der Waals surface area (Å²) in [5, 5.41) is 2.52. The number of benzene rings is 3. The summed E-state index contributed by atoms with van der Waals surface area (Å²) in [5.74, 6) is 0.0000644. The summed E-state index contributed by atoms with van der Waals surface area (Å²) in [7, 11) is 0. The van der Waals surface area contributed by atoms with Gasteiger partial charge in [0.25, 0.3) is 11.8 Å². The second-order valence-corrected chi connectivity index (χ2v) is 7.92. The number of rotatable bonds is 6. The number of thiocarbonyl (C=S) groups is 1. The molecule has 3 aromatic rings. The van der Waals surface area contributed by atoms with Crippen LogP contribution in [0, 0.1) is 5.92 Å². The second kappa shape index (κ2) is 11.1. The topological polar surface area (TPSA) is 79.5 Å². The lowest BCUT2D eigenvalue weighted by Crippen LogP contribution is -2.48. The summed E-state index contributed by atoms with van der Waals surface area (Å²) in [6, 6.07) is 24.0. The Labute approximate surface area is 193 Å². The Hall–Kier alpha value is -3.71. The minimum atomic E-state index is -0.427. The molecule has 0 aliphatic heterocycles. The van der Waals surface area contributed by atoms with Crippen LogP contribution < -0.4 is 20.9 Å². The van der Waals surface area contributed by atoms with Gasteiger partial charge in [0.2, 0.25) is 0 Å². The van der Waals surface area contributed by atoms with Crippen molar-refractivity contribution in [2.24, 2.45) is 5.92 Å². The molecule has 0 atom stereocenters. The maximum Gasteiger partial charge on any atom is 0.269 e. The van der Waals surface area contributed by atoms with E-state index in [1.807, 2.05) is 56.3 Å². The average molecular weight is 448 g/mol. The lowest BCUT2D eigenvalue weighted by atomic mass is 10.0. The average Bonchev–Trinajstić information content (AvgIpc) is 2.82. The molecule has 3 aromatic carbocycles. The highest BCUT2D eigenvalue weighted by molar-refractivity contribution is 7.80. The van der Waals surface area contributed by atoms with Gasteiger partial charge in [-0.25, -0.2) is 0 Å². The maximum atomic E-state index is 12.6. The maximum absolute atomic E-state index is 12.6. The molecule has 0 aliphatic rings. The van der Waals surface area contributed by atoms with Gasteiger partial charge < -0.3 is 4.74 Å². The highest BCUT2D eigenvalue weighted by atomic mass is 32.1. The molecule has 32 heavy (non-hydrogen) atoms. The predicted molar refractivity (Wildman–Crippen MR) is 129 cm³/mol. The molecular formula is C25H25N3O3S. The van der Waals surface area contributed by atoms with Gasteiger partial charge in [-0.05, 0) is 53.5 Å². The van der Waals surface area contributed by atoms with Crippen LogP contribution in [0.3, 0.4) is 0 Å². The summed E-state index contributed by atoms with van der Waals surface area (Å²) in [6.07, 6.45) is 0. The fourth-order valence-corrected chi connectivity index (χ4v) is 3.01. The van der Waals surface area contributed by atoms with E-state index in [9.17, 15) is 9.59 Å². The van der Waals surface area contributed by atoms with E-state index in [1.165, 1.54) is 0 Å². The molecule has 2 amide bonds. The number of carbonyl (C=O) groups excluding carboxylic acids is 2. The van der Waals surface area contributed by atoms with Crippen molar-refractivity contribution in [1.29, 1.82) is 0 Å². The Bertz CT molecular complexity index is 1080. The number of amides is 2. The fourth-order valence-electron chi connectivity index (χ4n) is 2.87. The van der Waals surface area contributed by atoms with Crippen LogP contribution in [-0.4, -0.2) is 23.5 Å². The quantitative estimate of drug-likeness (QED) is 0.387. The van der Waals surface area contributed by atoms with Crippen LogP contribution in [0.1, 0.15) is 34.6 Å². The number of nitrogens with one attached hydrogen (secondary N) is 3. The molecule has 7 heteroatoms. The molecule has 0 aliphatic carbocycles. The Morgan fingerprint density at radius 1 is 0.812 bits per heavy atom. The standard InChI is InChI=1S/C25H25N3O3S/c1-17(2)16-31-22-11-7-6-10-21(22)24(30)26-25(32)28-27-23(29)20-14-12-19(13-15-20)18-8-4-3-5-9-18/h3-15,17H,16H2,1-2H3,(H,27,29)(H2,26,28,30,32). The van der Waals surface area contributed by atoms with E-state index in [-0.39, 0.29) is 11.0 Å². The van der Waals surface area contributed by atoms with Gasteiger partial charge in [-0.2, -0.15) is 0 Å². The van der Waals surface area contributed by atoms with Crippen LogP contribution in [-0.2, 0) is 0 Å². The third-order valence-corrected chi connectivity index (χ3v) is 4.68. The number of hydrazine groups is 1. The van der Waals surface area contributed by atoms with Crippen molar-refractivity contribution in [3.05, 3.63) is 90.0 Å². The Morgan fingerprint density at radius 2 is 1.44 bits per heavy atom. The first kappa shape index (κ1) is 23.0. The zero-order chi connectivity index (χ0) is 22.9.